The summed E-state index contributed by atoms with van der Waals surface area (Å²) < 4.78 is 5.15. The molecule has 20 heavy (non-hydrogen) atoms. The van der Waals surface area contributed by atoms with Crippen molar-refractivity contribution in [2.24, 2.45) is 5.92 Å². The van der Waals surface area contributed by atoms with E-state index in [1.165, 1.54) is 17.7 Å². The Morgan fingerprint density at radius 2 is 1.70 bits per heavy atom. The van der Waals surface area contributed by atoms with E-state index in [-0.39, 0.29) is 0 Å². The molecular formula is C17H28N2O. The van der Waals surface area contributed by atoms with Crippen molar-refractivity contribution in [2.45, 2.75) is 20.3 Å². The Balaban J connectivity index is 1.84. The van der Waals surface area contributed by atoms with Crippen molar-refractivity contribution < 1.29 is 4.74 Å². The average molecular weight is 276 g/mol. The molecule has 1 saturated heterocycles. The van der Waals surface area contributed by atoms with Crippen LogP contribution in [0.1, 0.15) is 19.4 Å². The summed E-state index contributed by atoms with van der Waals surface area (Å²) in [6.07, 6.45) is 1.17. The van der Waals surface area contributed by atoms with Gasteiger partial charge in [-0.05, 0) is 30.0 Å². The Labute approximate surface area is 123 Å². The van der Waals surface area contributed by atoms with Crippen LogP contribution < -0.4 is 4.90 Å². The van der Waals surface area contributed by atoms with Crippen LogP contribution in [0.5, 0.6) is 0 Å². The van der Waals surface area contributed by atoms with Crippen LogP contribution in [0, 0.1) is 5.92 Å². The number of benzene rings is 1. The molecule has 1 aromatic carbocycles. The van der Waals surface area contributed by atoms with Gasteiger partial charge in [-0.25, -0.2) is 0 Å². The molecule has 0 unspecified atom stereocenters. The third-order valence-electron chi connectivity index (χ3n) is 3.93. The van der Waals surface area contributed by atoms with Crippen LogP contribution in [-0.4, -0.2) is 51.3 Å². The summed E-state index contributed by atoms with van der Waals surface area (Å²) in [6, 6.07) is 9.13. The number of piperazine rings is 1. The minimum absolute atomic E-state index is 0.727. The van der Waals surface area contributed by atoms with Crippen molar-refractivity contribution in [1.29, 1.82) is 0 Å². The number of methoxy groups -OCH3 is 1. The van der Waals surface area contributed by atoms with Crippen LogP contribution in [-0.2, 0) is 11.2 Å². The van der Waals surface area contributed by atoms with Gasteiger partial charge in [0.2, 0.25) is 0 Å². The number of hydrogen-bond donors (Lipinski definition) is 0. The van der Waals surface area contributed by atoms with E-state index in [2.05, 4.69) is 47.9 Å². The maximum Gasteiger partial charge on any atom is 0.0589 e. The predicted molar refractivity (Wildman–Crippen MR) is 85.5 cm³/mol. The van der Waals surface area contributed by atoms with Crippen LogP contribution in [0.4, 0.5) is 5.69 Å². The van der Waals surface area contributed by atoms with Crippen molar-refractivity contribution >= 4 is 5.69 Å². The normalized spacial score (nSPS) is 16.9. The van der Waals surface area contributed by atoms with E-state index in [0.29, 0.717) is 0 Å². The summed E-state index contributed by atoms with van der Waals surface area (Å²) in [6.45, 7) is 10.9. The predicted octanol–water partition coefficient (Wildman–Crippen LogP) is 2.65. The third kappa shape index (κ3) is 4.50. The van der Waals surface area contributed by atoms with Gasteiger partial charge >= 0.3 is 0 Å². The Hall–Kier alpha value is -1.06. The zero-order valence-electron chi connectivity index (χ0n) is 13.1. The molecule has 1 aromatic rings. The molecule has 0 amide bonds. The second-order valence-corrected chi connectivity index (χ2v) is 6.09. The maximum absolute atomic E-state index is 5.15. The monoisotopic (exact) mass is 276 g/mol. The topological polar surface area (TPSA) is 15.7 Å². The summed E-state index contributed by atoms with van der Waals surface area (Å²) in [4.78, 5) is 4.97. The minimum Gasteiger partial charge on any atom is -0.383 e. The quantitative estimate of drug-likeness (QED) is 0.794. The van der Waals surface area contributed by atoms with E-state index in [9.17, 15) is 0 Å². The lowest BCUT2D eigenvalue weighted by Crippen LogP contribution is -2.47. The fourth-order valence-corrected chi connectivity index (χ4v) is 2.76. The van der Waals surface area contributed by atoms with E-state index in [1.54, 1.807) is 7.11 Å². The highest BCUT2D eigenvalue weighted by atomic mass is 16.5. The molecule has 0 atom stereocenters. The molecule has 3 nitrogen and oxygen atoms in total. The standard InChI is InChI=1S/C17H28N2O/c1-15(2)14-16-4-6-17(7-5-16)19-10-8-18(9-11-19)12-13-20-3/h4-7,15H,8-14H2,1-3H3. The molecule has 0 N–H and O–H groups in total. The maximum atomic E-state index is 5.15. The van der Waals surface area contributed by atoms with Gasteiger partial charge in [-0.2, -0.15) is 0 Å². The number of hydrogen-bond acceptors (Lipinski definition) is 3. The third-order valence-corrected chi connectivity index (χ3v) is 3.93. The van der Waals surface area contributed by atoms with Crippen molar-refractivity contribution in [3.05, 3.63) is 29.8 Å². The van der Waals surface area contributed by atoms with Crippen LogP contribution >= 0.6 is 0 Å². The Kier molecular flexibility index (Phi) is 5.86. The zero-order chi connectivity index (χ0) is 14.4. The second-order valence-electron chi connectivity index (χ2n) is 6.09. The summed E-state index contributed by atoms with van der Waals surface area (Å²) in [7, 11) is 1.77. The minimum atomic E-state index is 0.727. The smallest absolute Gasteiger partial charge is 0.0589 e. The van der Waals surface area contributed by atoms with Crippen LogP contribution in [0.2, 0.25) is 0 Å². The molecule has 2 rings (SSSR count). The SMILES string of the molecule is COCCN1CCN(c2ccc(CC(C)C)cc2)CC1. The van der Waals surface area contributed by atoms with Gasteiger partial charge in [0.25, 0.3) is 0 Å². The first-order valence-electron chi connectivity index (χ1n) is 7.74. The summed E-state index contributed by atoms with van der Waals surface area (Å²) in [5.41, 5.74) is 2.81. The van der Waals surface area contributed by atoms with Gasteiger partial charge in [0, 0.05) is 45.5 Å². The number of anilines is 1. The summed E-state index contributed by atoms with van der Waals surface area (Å²) >= 11 is 0. The lowest BCUT2D eigenvalue weighted by Gasteiger charge is -2.36. The summed E-state index contributed by atoms with van der Waals surface area (Å²) in [5, 5.41) is 0. The van der Waals surface area contributed by atoms with Crippen LogP contribution in [0.15, 0.2) is 24.3 Å². The van der Waals surface area contributed by atoms with Gasteiger partial charge in [0.1, 0.15) is 0 Å². The van der Waals surface area contributed by atoms with E-state index >= 15 is 0 Å². The van der Waals surface area contributed by atoms with Crippen molar-refractivity contribution in [3.63, 3.8) is 0 Å². The first-order chi connectivity index (χ1) is 9.69. The first kappa shape index (κ1) is 15.3. The number of nitrogens with zero attached hydrogens (tertiary/aromatic N) is 2. The van der Waals surface area contributed by atoms with Gasteiger partial charge < -0.3 is 9.64 Å². The Bertz CT molecular complexity index is 380. The Morgan fingerprint density at radius 3 is 2.25 bits per heavy atom. The fraction of sp³-hybridized carbons (Fsp3) is 0.647. The van der Waals surface area contributed by atoms with E-state index in [4.69, 9.17) is 4.74 Å². The molecule has 0 saturated carbocycles. The molecule has 1 heterocycles. The molecule has 3 heteroatoms. The lowest BCUT2D eigenvalue weighted by molar-refractivity contribution is 0.144. The highest BCUT2D eigenvalue weighted by Gasteiger charge is 2.16. The average Bonchev–Trinajstić information content (AvgIpc) is 2.46. The molecule has 0 aromatic heterocycles. The molecule has 0 bridgehead atoms. The van der Waals surface area contributed by atoms with Crippen molar-refractivity contribution in [2.75, 3.05) is 51.3 Å². The Morgan fingerprint density at radius 1 is 1.05 bits per heavy atom. The number of rotatable bonds is 6. The van der Waals surface area contributed by atoms with Crippen LogP contribution in [0.3, 0.4) is 0 Å². The van der Waals surface area contributed by atoms with Gasteiger partial charge in [-0.3, -0.25) is 4.90 Å². The molecule has 0 radical (unpaired) electrons. The number of ether oxygens (including phenoxy) is 1. The van der Waals surface area contributed by atoms with E-state index in [0.717, 1.165) is 45.2 Å². The van der Waals surface area contributed by atoms with Gasteiger partial charge in [0.15, 0.2) is 0 Å². The lowest BCUT2D eigenvalue weighted by atomic mass is 10.0. The van der Waals surface area contributed by atoms with E-state index < -0.39 is 0 Å². The van der Waals surface area contributed by atoms with Gasteiger partial charge in [0.05, 0.1) is 6.61 Å². The molecule has 0 spiro atoms. The zero-order valence-corrected chi connectivity index (χ0v) is 13.1. The van der Waals surface area contributed by atoms with Gasteiger partial charge in [-0.1, -0.05) is 26.0 Å². The second kappa shape index (κ2) is 7.65. The largest absolute Gasteiger partial charge is 0.383 e. The molecule has 1 fully saturated rings. The van der Waals surface area contributed by atoms with E-state index in [1.807, 2.05) is 0 Å². The highest BCUT2D eigenvalue weighted by molar-refractivity contribution is 5.48. The van der Waals surface area contributed by atoms with Crippen molar-refractivity contribution in [3.8, 4) is 0 Å². The van der Waals surface area contributed by atoms with Crippen molar-refractivity contribution in [1.82, 2.24) is 4.90 Å². The van der Waals surface area contributed by atoms with Gasteiger partial charge in [-0.15, -0.1) is 0 Å². The molecule has 112 valence electrons. The summed E-state index contributed by atoms with van der Waals surface area (Å²) in [5.74, 6) is 0.727. The molecule has 1 aliphatic rings. The molecule has 0 aliphatic carbocycles. The van der Waals surface area contributed by atoms with Crippen LogP contribution in [0.25, 0.3) is 0 Å². The fourth-order valence-electron chi connectivity index (χ4n) is 2.76. The first-order valence-corrected chi connectivity index (χ1v) is 7.74. The highest BCUT2D eigenvalue weighted by Crippen LogP contribution is 2.18. The molecular weight excluding hydrogens is 248 g/mol. The molecule has 1 aliphatic heterocycles.